The molecular formula is C14H12ClNO3S. The van der Waals surface area contributed by atoms with Crippen molar-refractivity contribution in [2.45, 2.75) is 18.7 Å². The van der Waals surface area contributed by atoms with Crippen LogP contribution in [-0.2, 0) is 14.8 Å². The molecule has 1 aliphatic carbocycles. The Hall–Kier alpha value is -1.72. The minimum atomic E-state index is -3.82. The highest BCUT2D eigenvalue weighted by Gasteiger charge is 2.23. The molecule has 0 atom stereocenters. The molecule has 0 saturated heterocycles. The van der Waals surface area contributed by atoms with E-state index in [4.69, 9.17) is 11.6 Å². The van der Waals surface area contributed by atoms with Crippen LogP contribution in [0.15, 0.2) is 61.9 Å². The summed E-state index contributed by atoms with van der Waals surface area (Å²) in [5.41, 5.74) is 0.917. The van der Waals surface area contributed by atoms with Gasteiger partial charge < -0.3 is 0 Å². The topological polar surface area (TPSA) is 63.6 Å². The molecule has 1 aromatic carbocycles. The molecule has 0 spiro atoms. The van der Waals surface area contributed by atoms with Crippen molar-refractivity contribution in [2.75, 3.05) is 0 Å². The van der Waals surface area contributed by atoms with Crippen LogP contribution in [0.1, 0.15) is 13.8 Å². The number of sulfonamides is 1. The number of ketones is 1. The molecular weight excluding hydrogens is 298 g/mol. The third kappa shape index (κ3) is 2.73. The third-order valence-corrected chi connectivity index (χ3v) is 4.64. The van der Waals surface area contributed by atoms with Gasteiger partial charge in [-0.1, -0.05) is 29.8 Å². The molecule has 0 fully saturated rings. The minimum absolute atomic E-state index is 0.00649. The van der Waals surface area contributed by atoms with E-state index in [0.717, 1.165) is 0 Å². The van der Waals surface area contributed by atoms with Gasteiger partial charge in [0.25, 0.3) is 10.0 Å². The fraction of sp³-hybridized carbons (Fsp3) is 0.143. The lowest BCUT2D eigenvalue weighted by atomic mass is 9.99. The molecule has 6 heteroatoms. The maximum Gasteiger partial charge on any atom is 0.282 e. The molecule has 1 aromatic rings. The molecule has 1 aliphatic rings. The van der Waals surface area contributed by atoms with E-state index in [1.807, 2.05) is 0 Å². The van der Waals surface area contributed by atoms with Gasteiger partial charge in [-0.05, 0) is 37.6 Å². The lowest BCUT2D eigenvalue weighted by Crippen LogP contribution is -2.15. The number of benzene rings is 1. The van der Waals surface area contributed by atoms with Crippen LogP contribution >= 0.6 is 11.6 Å². The summed E-state index contributed by atoms with van der Waals surface area (Å²) in [6, 6.07) is 7.88. The molecule has 4 nitrogen and oxygen atoms in total. The van der Waals surface area contributed by atoms with E-state index in [-0.39, 0.29) is 21.4 Å². The van der Waals surface area contributed by atoms with Crippen molar-refractivity contribution in [1.82, 2.24) is 0 Å². The van der Waals surface area contributed by atoms with E-state index >= 15 is 0 Å². The molecule has 0 unspecified atom stereocenters. The first-order valence-corrected chi connectivity index (χ1v) is 7.64. The van der Waals surface area contributed by atoms with Gasteiger partial charge in [-0.25, -0.2) is 0 Å². The average molecular weight is 310 g/mol. The van der Waals surface area contributed by atoms with Gasteiger partial charge in [-0.15, -0.1) is 0 Å². The standard InChI is InChI=1S/C14H12ClNO3S/c1-9-8-12(10(2)13(15)14(9)17)16-20(18,19)11-6-4-3-5-7-11/h3-8H,1-2H3. The summed E-state index contributed by atoms with van der Waals surface area (Å²) in [7, 11) is -3.82. The Morgan fingerprint density at radius 1 is 1.10 bits per heavy atom. The Morgan fingerprint density at radius 2 is 1.70 bits per heavy atom. The summed E-state index contributed by atoms with van der Waals surface area (Å²) >= 11 is 5.90. The van der Waals surface area contributed by atoms with Crippen LogP contribution < -0.4 is 0 Å². The van der Waals surface area contributed by atoms with Crippen LogP contribution in [-0.4, -0.2) is 19.9 Å². The molecule has 0 bridgehead atoms. The fourth-order valence-corrected chi connectivity index (χ4v) is 3.01. The molecule has 0 radical (unpaired) electrons. The first kappa shape index (κ1) is 14.7. The molecule has 0 amide bonds. The quantitative estimate of drug-likeness (QED) is 0.789. The Labute approximate surface area is 122 Å². The van der Waals surface area contributed by atoms with Crippen molar-refractivity contribution in [3.05, 3.63) is 52.6 Å². The molecule has 0 N–H and O–H groups in total. The number of hydrogen-bond acceptors (Lipinski definition) is 3. The van der Waals surface area contributed by atoms with Crippen molar-refractivity contribution in [1.29, 1.82) is 0 Å². The van der Waals surface area contributed by atoms with E-state index in [2.05, 4.69) is 4.40 Å². The second kappa shape index (κ2) is 5.34. The SMILES string of the molecule is CC1=CC(=NS(=O)(=O)c2ccccc2)C(C)=C(Cl)C1=O. The number of Topliss-reactive ketones (excluding diaryl/α,β-unsaturated/α-hetero) is 1. The largest absolute Gasteiger partial charge is 0.288 e. The Balaban J connectivity index is 2.54. The summed E-state index contributed by atoms with van der Waals surface area (Å²) in [5.74, 6) is -0.305. The van der Waals surface area contributed by atoms with Crippen molar-refractivity contribution in [3.8, 4) is 0 Å². The van der Waals surface area contributed by atoms with Gasteiger partial charge in [-0.2, -0.15) is 12.8 Å². The van der Waals surface area contributed by atoms with Crippen LogP contribution in [0, 0.1) is 0 Å². The van der Waals surface area contributed by atoms with Crippen LogP contribution in [0.4, 0.5) is 0 Å². The lowest BCUT2D eigenvalue weighted by Gasteiger charge is -2.12. The summed E-state index contributed by atoms with van der Waals surface area (Å²) in [6.07, 6.45) is 1.43. The lowest BCUT2D eigenvalue weighted by molar-refractivity contribution is -0.111. The highest BCUT2D eigenvalue weighted by molar-refractivity contribution is 7.90. The minimum Gasteiger partial charge on any atom is -0.288 e. The molecule has 0 saturated carbocycles. The predicted octanol–water partition coefficient (Wildman–Crippen LogP) is 2.86. The zero-order valence-corrected chi connectivity index (χ0v) is 12.5. The predicted molar refractivity (Wildman–Crippen MR) is 78.4 cm³/mol. The van der Waals surface area contributed by atoms with Gasteiger partial charge >= 0.3 is 0 Å². The van der Waals surface area contributed by atoms with Crippen molar-refractivity contribution >= 4 is 33.1 Å². The number of rotatable bonds is 2. The Morgan fingerprint density at radius 3 is 2.30 bits per heavy atom. The summed E-state index contributed by atoms with van der Waals surface area (Å²) in [6.45, 7) is 3.14. The maximum atomic E-state index is 12.2. The molecule has 104 valence electrons. The smallest absolute Gasteiger partial charge is 0.282 e. The molecule has 20 heavy (non-hydrogen) atoms. The van der Waals surface area contributed by atoms with Crippen LogP contribution in [0.25, 0.3) is 0 Å². The maximum absolute atomic E-state index is 12.2. The van der Waals surface area contributed by atoms with Crippen molar-refractivity contribution in [2.24, 2.45) is 4.40 Å². The second-order valence-corrected chi connectivity index (χ2v) is 6.34. The van der Waals surface area contributed by atoms with Crippen LogP contribution in [0.3, 0.4) is 0 Å². The Bertz CT molecular complexity index is 759. The molecule has 0 heterocycles. The summed E-state index contributed by atoms with van der Waals surface area (Å²) < 4.78 is 28.1. The number of allylic oxidation sites excluding steroid dienone is 4. The van der Waals surface area contributed by atoms with E-state index in [9.17, 15) is 13.2 Å². The van der Waals surface area contributed by atoms with Crippen LogP contribution in [0.5, 0.6) is 0 Å². The summed E-state index contributed by atoms with van der Waals surface area (Å²) in [4.78, 5) is 11.8. The Kier molecular flexibility index (Phi) is 3.92. The van der Waals surface area contributed by atoms with Crippen molar-refractivity contribution in [3.63, 3.8) is 0 Å². The first-order chi connectivity index (χ1) is 9.33. The van der Waals surface area contributed by atoms with Gasteiger partial charge in [0.1, 0.15) is 0 Å². The van der Waals surface area contributed by atoms with Gasteiger partial charge in [0.05, 0.1) is 15.6 Å². The van der Waals surface area contributed by atoms with Gasteiger partial charge in [0.15, 0.2) is 5.78 Å². The highest BCUT2D eigenvalue weighted by atomic mass is 35.5. The van der Waals surface area contributed by atoms with E-state index < -0.39 is 10.0 Å². The van der Waals surface area contributed by atoms with E-state index in [1.54, 1.807) is 32.0 Å². The van der Waals surface area contributed by atoms with E-state index in [1.165, 1.54) is 18.2 Å². The summed E-state index contributed by atoms with van der Waals surface area (Å²) in [5, 5.41) is 0.00649. The average Bonchev–Trinajstić information content (AvgIpc) is 2.43. The van der Waals surface area contributed by atoms with Crippen LogP contribution in [0.2, 0.25) is 0 Å². The number of carbonyl (C=O) groups is 1. The number of carbonyl (C=O) groups excluding carboxylic acids is 1. The first-order valence-electron chi connectivity index (χ1n) is 5.82. The molecule has 2 rings (SSSR count). The number of hydrogen-bond donors (Lipinski definition) is 0. The second-order valence-electron chi connectivity index (χ2n) is 4.36. The molecule has 0 aromatic heterocycles. The normalized spacial score (nSPS) is 18.4. The highest BCUT2D eigenvalue weighted by Crippen LogP contribution is 2.24. The monoisotopic (exact) mass is 309 g/mol. The van der Waals surface area contributed by atoms with Gasteiger partial charge in [0.2, 0.25) is 0 Å². The van der Waals surface area contributed by atoms with Gasteiger partial charge in [-0.3, -0.25) is 4.79 Å². The number of nitrogens with zero attached hydrogens (tertiary/aromatic N) is 1. The van der Waals surface area contributed by atoms with Gasteiger partial charge in [0, 0.05) is 5.57 Å². The molecule has 0 aliphatic heterocycles. The van der Waals surface area contributed by atoms with Crippen molar-refractivity contribution < 1.29 is 13.2 Å². The number of halogens is 1. The zero-order valence-electron chi connectivity index (χ0n) is 10.9. The van der Waals surface area contributed by atoms with E-state index in [0.29, 0.717) is 11.1 Å². The fourth-order valence-electron chi connectivity index (χ4n) is 1.70. The zero-order chi connectivity index (χ0) is 14.9. The third-order valence-electron chi connectivity index (χ3n) is 2.88.